The summed E-state index contributed by atoms with van der Waals surface area (Å²) in [5.41, 5.74) is 1.41. The van der Waals surface area contributed by atoms with Gasteiger partial charge in [0, 0.05) is 0 Å². The van der Waals surface area contributed by atoms with Gasteiger partial charge in [0.05, 0.1) is 7.11 Å². The molecule has 14 heavy (non-hydrogen) atoms. The van der Waals surface area contributed by atoms with Crippen LogP contribution in [0.2, 0.25) is 0 Å². The molecule has 2 unspecified atom stereocenters. The van der Waals surface area contributed by atoms with Crippen LogP contribution in [0, 0.1) is 11.8 Å². The van der Waals surface area contributed by atoms with Crippen LogP contribution in [0.3, 0.4) is 0 Å². The van der Waals surface area contributed by atoms with E-state index in [0.29, 0.717) is 0 Å². The number of hydrogen-bond acceptors (Lipinski definition) is 2. The zero-order chi connectivity index (χ0) is 9.54. The van der Waals surface area contributed by atoms with Crippen LogP contribution in [0.1, 0.15) is 11.5 Å². The maximum absolute atomic E-state index is 5.39. The second kappa shape index (κ2) is 2.99. The van der Waals surface area contributed by atoms with E-state index < -0.39 is 0 Å². The molecule has 2 aliphatic rings. The van der Waals surface area contributed by atoms with E-state index in [9.17, 15) is 0 Å². The van der Waals surface area contributed by atoms with E-state index in [2.05, 4.69) is 23.5 Å². The minimum atomic E-state index is 0.757. The first-order valence-electron chi connectivity index (χ1n) is 5.25. The molecule has 3 rings (SSSR count). The van der Waals surface area contributed by atoms with Crippen molar-refractivity contribution in [1.29, 1.82) is 0 Å². The fourth-order valence-corrected chi connectivity index (χ4v) is 2.82. The number of para-hydroxylation sites is 1. The molecule has 1 aromatic carbocycles. The number of ether oxygens (including phenoxy) is 1. The first-order chi connectivity index (χ1) is 6.92. The summed E-state index contributed by atoms with van der Waals surface area (Å²) >= 11 is 0. The molecule has 0 radical (unpaired) electrons. The Labute approximate surface area is 84.3 Å². The lowest BCUT2D eigenvalue weighted by Gasteiger charge is -2.09. The number of benzene rings is 1. The van der Waals surface area contributed by atoms with Crippen LogP contribution in [-0.2, 0) is 0 Å². The van der Waals surface area contributed by atoms with Gasteiger partial charge >= 0.3 is 0 Å². The molecule has 1 aliphatic heterocycles. The topological polar surface area (TPSA) is 21.3 Å². The second-order valence-corrected chi connectivity index (χ2v) is 4.25. The Bertz CT molecular complexity index is 340. The summed E-state index contributed by atoms with van der Waals surface area (Å²) in [6.45, 7) is 2.38. The lowest BCUT2D eigenvalue weighted by molar-refractivity contribution is 0.408. The molecule has 2 nitrogen and oxygen atoms in total. The summed E-state index contributed by atoms with van der Waals surface area (Å²) in [6, 6.07) is 8.43. The Morgan fingerprint density at radius 2 is 1.93 bits per heavy atom. The SMILES string of the molecule is COc1ccccc1C1C2CNCC21. The van der Waals surface area contributed by atoms with Crippen molar-refractivity contribution in [2.45, 2.75) is 5.92 Å². The van der Waals surface area contributed by atoms with Crippen LogP contribution in [-0.4, -0.2) is 20.2 Å². The number of piperidine rings is 1. The van der Waals surface area contributed by atoms with Gasteiger partial charge in [-0.15, -0.1) is 0 Å². The molecular formula is C12H15NO. The number of hydrogen-bond donors (Lipinski definition) is 1. The van der Waals surface area contributed by atoms with Gasteiger partial charge in [0.1, 0.15) is 5.75 Å². The Morgan fingerprint density at radius 3 is 2.64 bits per heavy atom. The molecule has 0 bridgehead atoms. The second-order valence-electron chi connectivity index (χ2n) is 4.25. The maximum Gasteiger partial charge on any atom is 0.122 e. The molecule has 0 spiro atoms. The summed E-state index contributed by atoms with van der Waals surface area (Å²) in [5.74, 6) is 3.55. The van der Waals surface area contributed by atoms with Crippen LogP contribution >= 0.6 is 0 Å². The predicted octanol–water partition coefficient (Wildman–Crippen LogP) is 1.63. The number of nitrogens with one attached hydrogen (secondary N) is 1. The highest BCUT2D eigenvalue weighted by molar-refractivity contribution is 5.41. The van der Waals surface area contributed by atoms with Crippen molar-refractivity contribution < 1.29 is 4.74 Å². The third-order valence-corrected chi connectivity index (χ3v) is 3.59. The average Bonchev–Trinajstić information content (AvgIpc) is 2.70. The van der Waals surface area contributed by atoms with Gasteiger partial charge in [0.25, 0.3) is 0 Å². The maximum atomic E-state index is 5.39. The van der Waals surface area contributed by atoms with Crippen molar-refractivity contribution in [1.82, 2.24) is 5.32 Å². The highest BCUT2D eigenvalue weighted by atomic mass is 16.5. The molecule has 0 amide bonds. The number of methoxy groups -OCH3 is 1. The number of fused-ring (bicyclic) bond motifs is 1. The van der Waals surface area contributed by atoms with Crippen molar-refractivity contribution in [2.24, 2.45) is 11.8 Å². The fourth-order valence-electron chi connectivity index (χ4n) is 2.82. The van der Waals surface area contributed by atoms with Gasteiger partial charge in [-0.05, 0) is 42.5 Å². The third kappa shape index (κ3) is 1.07. The minimum Gasteiger partial charge on any atom is -0.496 e. The van der Waals surface area contributed by atoms with E-state index >= 15 is 0 Å². The zero-order valence-corrected chi connectivity index (χ0v) is 8.36. The molecule has 1 N–H and O–H groups in total. The van der Waals surface area contributed by atoms with Gasteiger partial charge in [-0.2, -0.15) is 0 Å². The highest BCUT2D eigenvalue weighted by Crippen LogP contribution is 2.57. The van der Waals surface area contributed by atoms with Crippen molar-refractivity contribution in [3.8, 4) is 5.75 Å². The van der Waals surface area contributed by atoms with E-state index in [4.69, 9.17) is 4.74 Å². The molecule has 2 fully saturated rings. The van der Waals surface area contributed by atoms with E-state index in [-0.39, 0.29) is 0 Å². The molecule has 0 aromatic heterocycles. The largest absolute Gasteiger partial charge is 0.496 e. The quantitative estimate of drug-likeness (QED) is 0.763. The van der Waals surface area contributed by atoms with Gasteiger partial charge in [-0.3, -0.25) is 0 Å². The molecular weight excluding hydrogens is 174 g/mol. The Balaban J connectivity index is 1.90. The van der Waals surface area contributed by atoms with Crippen molar-refractivity contribution in [3.63, 3.8) is 0 Å². The lowest BCUT2D eigenvalue weighted by atomic mass is 10.1. The molecule has 1 saturated heterocycles. The first kappa shape index (κ1) is 8.30. The van der Waals surface area contributed by atoms with Crippen LogP contribution in [0.15, 0.2) is 24.3 Å². The first-order valence-corrected chi connectivity index (χ1v) is 5.25. The number of rotatable bonds is 2. The van der Waals surface area contributed by atoms with Crippen LogP contribution in [0.25, 0.3) is 0 Å². The summed E-state index contributed by atoms with van der Waals surface area (Å²) in [4.78, 5) is 0. The lowest BCUT2D eigenvalue weighted by Crippen LogP contribution is -2.14. The summed E-state index contributed by atoms with van der Waals surface area (Å²) in [6.07, 6.45) is 0. The molecule has 1 heterocycles. The third-order valence-electron chi connectivity index (χ3n) is 3.59. The molecule has 2 atom stereocenters. The van der Waals surface area contributed by atoms with Crippen molar-refractivity contribution in [3.05, 3.63) is 29.8 Å². The van der Waals surface area contributed by atoms with Crippen LogP contribution in [0.4, 0.5) is 0 Å². The Morgan fingerprint density at radius 1 is 1.21 bits per heavy atom. The predicted molar refractivity (Wildman–Crippen MR) is 55.6 cm³/mol. The van der Waals surface area contributed by atoms with Gasteiger partial charge in [-0.25, -0.2) is 0 Å². The van der Waals surface area contributed by atoms with E-state index in [1.54, 1.807) is 7.11 Å². The standard InChI is InChI=1S/C12H15NO/c1-14-11-5-3-2-4-8(11)12-9-6-13-7-10(9)12/h2-5,9-10,12-13H,6-7H2,1H3. The highest BCUT2D eigenvalue weighted by Gasteiger charge is 2.54. The smallest absolute Gasteiger partial charge is 0.122 e. The molecule has 74 valence electrons. The molecule has 2 heteroatoms. The van der Waals surface area contributed by atoms with Gasteiger partial charge in [-0.1, -0.05) is 18.2 Å². The summed E-state index contributed by atoms with van der Waals surface area (Å²) < 4.78 is 5.39. The van der Waals surface area contributed by atoms with Crippen molar-refractivity contribution in [2.75, 3.05) is 20.2 Å². The minimum absolute atomic E-state index is 0.757. The molecule has 1 aromatic rings. The van der Waals surface area contributed by atoms with E-state index in [0.717, 1.165) is 23.5 Å². The summed E-state index contributed by atoms with van der Waals surface area (Å²) in [7, 11) is 1.76. The summed E-state index contributed by atoms with van der Waals surface area (Å²) in [5, 5.41) is 3.42. The van der Waals surface area contributed by atoms with Crippen LogP contribution < -0.4 is 10.1 Å². The Kier molecular flexibility index (Phi) is 1.77. The van der Waals surface area contributed by atoms with Gasteiger partial charge in [0.15, 0.2) is 0 Å². The fraction of sp³-hybridized carbons (Fsp3) is 0.500. The molecule has 1 saturated carbocycles. The van der Waals surface area contributed by atoms with Gasteiger partial charge < -0.3 is 10.1 Å². The van der Waals surface area contributed by atoms with E-state index in [1.807, 2.05) is 6.07 Å². The Hall–Kier alpha value is -1.02. The monoisotopic (exact) mass is 189 g/mol. The average molecular weight is 189 g/mol. The zero-order valence-electron chi connectivity index (χ0n) is 8.36. The van der Waals surface area contributed by atoms with E-state index in [1.165, 1.54) is 18.7 Å². The van der Waals surface area contributed by atoms with Gasteiger partial charge in [0.2, 0.25) is 0 Å². The normalized spacial score (nSPS) is 33.9. The van der Waals surface area contributed by atoms with Crippen molar-refractivity contribution >= 4 is 0 Å². The molecule has 1 aliphatic carbocycles. The van der Waals surface area contributed by atoms with Crippen LogP contribution in [0.5, 0.6) is 5.75 Å².